The van der Waals surface area contributed by atoms with Crippen molar-refractivity contribution in [2.75, 3.05) is 39.1 Å². The van der Waals surface area contributed by atoms with Crippen LogP contribution in [0, 0.1) is 0 Å². The zero-order valence-corrected chi connectivity index (χ0v) is 23.5. The van der Waals surface area contributed by atoms with Gasteiger partial charge in [-0.2, -0.15) is 0 Å². The Labute approximate surface area is 230 Å². The predicted octanol–water partition coefficient (Wildman–Crippen LogP) is 2.87. The van der Waals surface area contributed by atoms with E-state index in [1.54, 1.807) is 31.4 Å². The number of hydrogen-bond acceptors (Lipinski definition) is 6. The molecule has 0 fully saturated rings. The summed E-state index contributed by atoms with van der Waals surface area (Å²) in [5.41, 5.74) is 3.31. The van der Waals surface area contributed by atoms with Gasteiger partial charge in [-0.3, -0.25) is 0 Å². The number of anilines is 2. The third kappa shape index (κ3) is 7.05. The SMILES string of the molecule is CNC(=O)c1ccccc1Nc1nc([As]c2ccc3c(c2)CCN(C[C@H](OC)C(F)(F)F)CC3)ncc1Cl. The number of nitrogens with zero attached hydrogens (tertiary/aromatic N) is 3. The van der Waals surface area contributed by atoms with Crippen molar-refractivity contribution in [3.8, 4) is 0 Å². The second-order valence-corrected chi connectivity index (χ2v) is 11.5. The van der Waals surface area contributed by atoms with E-state index in [-0.39, 0.29) is 12.5 Å². The molecule has 2 heterocycles. The van der Waals surface area contributed by atoms with Gasteiger partial charge < -0.3 is 0 Å². The first-order chi connectivity index (χ1) is 18.2. The topological polar surface area (TPSA) is 79.4 Å². The number of ether oxygens (including phenoxy) is 1. The van der Waals surface area contributed by atoms with Crippen LogP contribution >= 0.6 is 11.6 Å². The van der Waals surface area contributed by atoms with Crippen molar-refractivity contribution in [2.24, 2.45) is 0 Å². The molecule has 1 amide bonds. The molecule has 0 bridgehead atoms. The minimum absolute atomic E-state index is 0.176. The summed E-state index contributed by atoms with van der Waals surface area (Å²) >= 11 is 5.78. The van der Waals surface area contributed by atoms with Crippen LogP contribution in [0.5, 0.6) is 0 Å². The van der Waals surface area contributed by atoms with Gasteiger partial charge in [0, 0.05) is 0 Å². The van der Waals surface area contributed by atoms with Gasteiger partial charge in [0.1, 0.15) is 0 Å². The number of methoxy groups -OCH3 is 1. The molecule has 0 saturated carbocycles. The zero-order valence-electron chi connectivity index (χ0n) is 20.8. The average molecular weight is 609 g/mol. The van der Waals surface area contributed by atoms with Crippen molar-refractivity contribution in [1.82, 2.24) is 20.2 Å². The molecule has 1 aliphatic heterocycles. The standard InChI is InChI=1S/C26H27AsClF3N5O2/c1-32-24(37)19-5-3-4-6-21(19)34-23-20(28)14-33-25(35-23)27-18-8-7-16-9-11-36(12-10-17(16)13-18)15-22(38-2)26(29,30)31/h3-8,13-14,22H,9-12,15H2,1-2H3,(H,32,37)(H,33,34,35)/t22-/m0/s1. The number of rotatable bonds is 8. The first-order valence-corrected chi connectivity index (χ1v) is 14.2. The average Bonchev–Trinajstić information content (AvgIpc) is 3.10. The summed E-state index contributed by atoms with van der Waals surface area (Å²) in [6, 6.07) is 13.3. The van der Waals surface area contributed by atoms with Crippen LogP contribution < -0.4 is 19.6 Å². The van der Waals surface area contributed by atoms with Gasteiger partial charge in [-0.05, 0) is 0 Å². The van der Waals surface area contributed by atoms with Crippen LogP contribution in [0.4, 0.5) is 24.7 Å². The van der Waals surface area contributed by atoms with Crippen LogP contribution in [0.2, 0.25) is 5.02 Å². The molecule has 2 N–H and O–H groups in total. The molecule has 201 valence electrons. The quantitative estimate of drug-likeness (QED) is 0.383. The molecule has 1 aliphatic rings. The van der Waals surface area contributed by atoms with E-state index in [9.17, 15) is 18.0 Å². The molecule has 38 heavy (non-hydrogen) atoms. The van der Waals surface area contributed by atoms with E-state index >= 15 is 0 Å². The van der Waals surface area contributed by atoms with Crippen LogP contribution in [-0.4, -0.2) is 82.6 Å². The number of nitrogens with one attached hydrogen (secondary N) is 2. The summed E-state index contributed by atoms with van der Waals surface area (Å²) in [6.45, 7) is 0.895. The minimum atomic E-state index is -4.39. The van der Waals surface area contributed by atoms with Crippen LogP contribution in [0.3, 0.4) is 0 Å². The summed E-state index contributed by atoms with van der Waals surface area (Å²) in [4.78, 5) is 23.1. The van der Waals surface area contributed by atoms with Crippen LogP contribution in [0.15, 0.2) is 48.7 Å². The molecular formula is C26H27AsClF3N5O2. The summed E-state index contributed by atoms with van der Waals surface area (Å²) in [5.74, 6) is 0.176. The summed E-state index contributed by atoms with van der Waals surface area (Å²) in [5, 5.41) is 6.10. The van der Waals surface area contributed by atoms with E-state index in [4.69, 9.17) is 11.6 Å². The van der Waals surface area contributed by atoms with Gasteiger partial charge in [0.15, 0.2) is 0 Å². The van der Waals surface area contributed by atoms with Crippen molar-refractivity contribution < 1.29 is 22.7 Å². The van der Waals surface area contributed by atoms with Crippen LogP contribution in [-0.2, 0) is 17.6 Å². The van der Waals surface area contributed by atoms with Crippen molar-refractivity contribution in [3.05, 3.63) is 70.4 Å². The molecule has 2 aromatic carbocycles. The van der Waals surface area contributed by atoms with E-state index in [0.29, 0.717) is 52.6 Å². The molecule has 3 aromatic rings. The molecule has 7 nitrogen and oxygen atoms in total. The van der Waals surface area contributed by atoms with Crippen LogP contribution in [0.1, 0.15) is 21.5 Å². The number of para-hydroxylation sites is 1. The monoisotopic (exact) mass is 608 g/mol. The Morgan fingerprint density at radius 2 is 1.92 bits per heavy atom. The first kappa shape index (κ1) is 28.4. The number of amides is 1. The maximum absolute atomic E-state index is 13.2. The van der Waals surface area contributed by atoms with E-state index in [2.05, 4.69) is 37.5 Å². The number of aromatic nitrogens is 2. The summed E-state index contributed by atoms with van der Waals surface area (Å²) < 4.78 is 45.9. The van der Waals surface area contributed by atoms with Gasteiger partial charge in [0.05, 0.1) is 0 Å². The number of fused-ring (bicyclic) bond motifs is 1. The van der Waals surface area contributed by atoms with Crippen LogP contribution in [0.25, 0.3) is 0 Å². The van der Waals surface area contributed by atoms with Crippen molar-refractivity contribution >= 4 is 53.7 Å². The van der Waals surface area contributed by atoms with Gasteiger partial charge in [-0.25, -0.2) is 0 Å². The van der Waals surface area contributed by atoms with Gasteiger partial charge in [0.2, 0.25) is 0 Å². The summed E-state index contributed by atoms with van der Waals surface area (Å²) in [6.07, 6.45) is -3.31. The van der Waals surface area contributed by atoms with Crippen molar-refractivity contribution in [2.45, 2.75) is 25.1 Å². The number of carbonyl (C=O) groups is 1. The molecule has 1 atom stereocenters. The molecular weight excluding hydrogens is 582 g/mol. The molecule has 12 heteroatoms. The first-order valence-electron chi connectivity index (χ1n) is 11.9. The fourth-order valence-electron chi connectivity index (χ4n) is 4.22. The Balaban J connectivity index is 1.47. The number of carbonyl (C=O) groups excluding carboxylic acids is 1. The molecule has 0 saturated heterocycles. The van der Waals surface area contributed by atoms with Crippen molar-refractivity contribution in [1.29, 1.82) is 0 Å². The van der Waals surface area contributed by atoms with E-state index in [1.165, 1.54) is 0 Å². The van der Waals surface area contributed by atoms with Gasteiger partial charge in [-0.15, -0.1) is 0 Å². The second kappa shape index (κ2) is 12.5. The van der Waals surface area contributed by atoms with Crippen molar-refractivity contribution in [3.63, 3.8) is 0 Å². The molecule has 0 aliphatic carbocycles. The Kier molecular flexibility index (Phi) is 9.31. The van der Waals surface area contributed by atoms with E-state index in [0.717, 1.165) is 22.6 Å². The third-order valence-electron chi connectivity index (χ3n) is 6.27. The molecule has 0 unspecified atom stereocenters. The van der Waals surface area contributed by atoms with Gasteiger partial charge in [-0.1, -0.05) is 0 Å². The summed E-state index contributed by atoms with van der Waals surface area (Å²) in [7, 11) is 2.66. The number of halogens is 4. The van der Waals surface area contributed by atoms with E-state index in [1.807, 2.05) is 17.0 Å². The Hall–Kier alpha value is -2.65. The number of benzene rings is 2. The fraction of sp³-hybridized carbons (Fsp3) is 0.346. The van der Waals surface area contributed by atoms with Gasteiger partial charge in [0.25, 0.3) is 0 Å². The molecule has 1 radical (unpaired) electrons. The maximum atomic E-state index is 13.2. The second-order valence-electron chi connectivity index (χ2n) is 8.75. The molecule has 1 aromatic heterocycles. The fourth-order valence-corrected chi connectivity index (χ4v) is 6.18. The Morgan fingerprint density at radius 1 is 1.18 bits per heavy atom. The van der Waals surface area contributed by atoms with E-state index < -0.39 is 28.0 Å². The number of hydrogen-bond donors (Lipinski definition) is 2. The zero-order chi connectivity index (χ0) is 27.3. The normalized spacial score (nSPS) is 15.2. The Bertz CT molecular complexity index is 1290. The number of alkyl halides is 3. The Morgan fingerprint density at radius 3 is 2.63 bits per heavy atom. The molecule has 0 spiro atoms. The molecule has 4 rings (SSSR count). The predicted molar refractivity (Wildman–Crippen MR) is 142 cm³/mol. The third-order valence-corrected chi connectivity index (χ3v) is 8.54. The van der Waals surface area contributed by atoms with Gasteiger partial charge >= 0.3 is 231 Å².